The molecule has 0 aromatic carbocycles. The zero-order valence-electron chi connectivity index (χ0n) is 13.7. The van der Waals surface area contributed by atoms with Gasteiger partial charge in [-0.3, -0.25) is 0 Å². The van der Waals surface area contributed by atoms with Crippen LogP contribution in [0.1, 0.15) is 57.9 Å². The summed E-state index contributed by atoms with van der Waals surface area (Å²) in [6.45, 7) is 6.12. The average Bonchev–Trinajstić information content (AvgIpc) is 3.17. The molecular weight excluding hydrogens is 274 g/mol. The van der Waals surface area contributed by atoms with Crippen molar-refractivity contribution in [3.05, 3.63) is 22.4 Å². The molecule has 2 heteroatoms. The van der Waals surface area contributed by atoms with Gasteiger partial charge in [0.25, 0.3) is 0 Å². The number of rotatable bonds is 7. The predicted octanol–water partition coefficient (Wildman–Crippen LogP) is 5.12. The van der Waals surface area contributed by atoms with Crippen molar-refractivity contribution >= 4 is 11.3 Å². The number of hydrogen-bond donors (Lipinski definition) is 1. The average molecular weight is 306 g/mol. The first-order valence-corrected chi connectivity index (χ1v) is 9.91. The molecular formula is C19H31NS. The maximum atomic E-state index is 3.80. The van der Waals surface area contributed by atoms with E-state index in [0.29, 0.717) is 0 Å². The Bertz CT molecular complexity index is 407. The van der Waals surface area contributed by atoms with Crippen molar-refractivity contribution in [1.82, 2.24) is 5.32 Å². The monoisotopic (exact) mass is 305 g/mol. The second kappa shape index (κ2) is 7.28. The van der Waals surface area contributed by atoms with Gasteiger partial charge in [-0.05, 0) is 97.6 Å². The van der Waals surface area contributed by atoms with E-state index in [4.69, 9.17) is 0 Å². The second-order valence-corrected chi connectivity index (χ2v) is 8.47. The molecule has 21 heavy (non-hydrogen) atoms. The highest BCUT2D eigenvalue weighted by Gasteiger charge is 2.32. The van der Waals surface area contributed by atoms with Crippen LogP contribution < -0.4 is 5.32 Å². The minimum Gasteiger partial charge on any atom is -0.314 e. The topological polar surface area (TPSA) is 12.0 Å². The Morgan fingerprint density at radius 3 is 2.71 bits per heavy atom. The van der Waals surface area contributed by atoms with E-state index in [-0.39, 0.29) is 0 Å². The Labute approximate surface area is 134 Å². The number of hydrogen-bond acceptors (Lipinski definition) is 2. The van der Waals surface area contributed by atoms with Crippen molar-refractivity contribution in [2.24, 2.45) is 23.7 Å². The fourth-order valence-electron chi connectivity index (χ4n) is 3.98. The Balaban J connectivity index is 1.54. The molecule has 2 aliphatic carbocycles. The largest absolute Gasteiger partial charge is 0.314 e. The lowest BCUT2D eigenvalue weighted by molar-refractivity contribution is 0.137. The van der Waals surface area contributed by atoms with Crippen LogP contribution in [-0.2, 0) is 6.42 Å². The van der Waals surface area contributed by atoms with E-state index in [2.05, 4.69) is 36.0 Å². The molecule has 3 unspecified atom stereocenters. The summed E-state index contributed by atoms with van der Waals surface area (Å²) >= 11 is 1.84. The molecule has 118 valence electrons. The Hall–Kier alpha value is -0.340. The standard InChI is InChI=1S/C19H31NS/c1-14(2)16-5-6-18(12-20-19-7-8-19)17(11-16)4-3-15-9-10-21-13-15/h9-10,13-14,16-20H,3-8,11-12H2,1-2H3. The molecule has 0 spiro atoms. The molecule has 1 heterocycles. The van der Waals surface area contributed by atoms with Gasteiger partial charge in [0.05, 0.1) is 0 Å². The van der Waals surface area contributed by atoms with E-state index in [9.17, 15) is 0 Å². The van der Waals surface area contributed by atoms with E-state index < -0.39 is 0 Å². The summed E-state index contributed by atoms with van der Waals surface area (Å²) in [7, 11) is 0. The molecule has 1 nitrogen and oxygen atoms in total. The Kier molecular flexibility index (Phi) is 5.39. The molecule has 2 fully saturated rings. The Morgan fingerprint density at radius 2 is 2.05 bits per heavy atom. The number of thiophene rings is 1. The van der Waals surface area contributed by atoms with Gasteiger partial charge >= 0.3 is 0 Å². The van der Waals surface area contributed by atoms with Crippen molar-refractivity contribution in [3.8, 4) is 0 Å². The molecule has 0 saturated heterocycles. The van der Waals surface area contributed by atoms with E-state index in [0.717, 1.165) is 29.7 Å². The summed E-state index contributed by atoms with van der Waals surface area (Å²) < 4.78 is 0. The van der Waals surface area contributed by atoms with Crippen LogP contribution >= 0.6 is 11.3 Å². The van der Waals surface area contributed by atoms with Crippen LogP contribution in [0.25, 0.3) is 0 Å². The SMILES string of the molecule is CC(C)C1CCC(CNC2CC2)C(CCc2ccsc2)C1. The van der Waals surface area contributed by atoms with Crippen LogP contribution in [0.3, 0.4) is 0 Å². The van der Waals surface area contributed by atoms with Crippen molar-refractivity contribution in [3.63, 3.8) is 0 Å². The van der Waals surface area contributed by atoms with Gasteiger partial charge in [0, 0.05) is 6.04 Å². The highest BCUT2D eigenvalue weighted by Crippen LogP contribution is 2.40. The highest BCUT2D eigenvalue weighted by molar-refractivity contribution is 7.07. The van der Waals surface area contributed by atoms with Crippen LogP contribution in [-0.4, -0.2) is 12.6 Å². The molecule has 3 rings (SSSR count). The van der Waals surface area contributed by atoms with Gasteiger partial charge in [-0.1, -0.05) is 13.8 Å². The highest BCUT2D eigenvalue weighted by atomic mass is 32.1. The maximum absolute atomic E-state index is 3.80. The van der Waals surface area contributed by atoms with Crippen LogP contribution in [0, 0.1) is 23.7 Å². The van der Waals surface area contributed by atoms with Crippen LogP contribution in [0.4, 0.5) is 0 Å². The zero-order chi connectivity index (χ0) is 14.7. The van der Waals surface area contributed by atoms with Gasteiger partial charge in [0.15, 0.2) is 0 Å². The van der Waals surface area contributed by atoms with Gasteiger partial charge < -0.3 is 5.32 Å². The fourth-order valence-corrected chi connectivity index (χ4v) is 4.69. The minimum absolute atomic E-state index is 0.866. The molecule has 1 N–H and O–H groups in total. The quantitative estimate of drug-likeness (QED) is 0.737. The number of aryl methyl sites for hydroxylation is 1. The van der Waals surface area contributed by atoms with Crippen molar-refractivity contribution < 1.29 is 0 Å². The van der Waals surface area contributed by atoms with Crippen molar-refractivity contribution in [2.45, 2.75) is 64.8 Å². The normalized spacial score (nSPS) is 30.0. The van der Waals surface area contributed by atoms with E-state index in [1.165, 1.54) is 51.5 Å². The van der Waals surface area contributed by atoms with Crippen LogP contribution in [0.2, 0.25) is 0 Å². The molecule has 0 aliphatic heterocycles. The van der Waals surface area contributed by atoms with Gasteiger partial charge in [-0.15, -0.1) is 0 Å². The molecule has 0 radical (unpaired) electrons. The zero-order valence-corrected chi connectivity index (χ0v) is 14.5. The first-order chi connectivity index (χ1) is 10.2. The summed E-state index contributed by atoms with van der Waals surface area (Å²) in [6, 6.07) is 3.18. The lowest BCUT2D eigenvalue weighted by atomic mass is 9.69. The summed E-state index contributed by atoms with van der Waals surface area (Å²) in [6.07, 6.45) is 9.91. The molecule has 1 aromatic rings. The minimum atomic E-state index is 0.866. The summed E-state index contributed by atoms with van der Waals surface area (Å²) in [5, 5.41) is 8.35. The third-order valence-electron chi connectivity index (χ3n) is 5.75. The molecule has 2 aliphatic rings. The maximum Gasteiger partial charge on any atom is 0.00683 e. The van der Waals surface area contributed by atoms with Gasteiger partial charge in [0.2, 0.25) is 0 Å². The van der Waals surface area contributed by atoms with Gasteiger partial charge in [-0.25, -0.2) is 0 Å². The van der Waals surface area contributed by atoms with Gasteiger partial charge in [-0.2, -0.15) is 11.3 Å². The molecule has 2 saturated carbocycles. The second-order valence-electron chi connectivity index (χ2n) is 7.69. The third kappa shape index (κ3) is 4.56. The smallest absolute Gasteiger partial charge is 0.00683 e. The van der Waals surface area contributed by atoms with E-state index >= 15 is 0 Å². The molecule has 0 amide bonds. The Morgan fingerprint density at radius 1 is 1.19 bits per heavy atom. The summed E-state index contributed by atoms with van der Waals surface area (Å²) in [4.78, 5) is 0. The van der Waals surface area contributed by atoms with E-state index in [1.54, 1.807) is 5.56 Å². The first-order valence-electron chi connectivity index (χ1n) is 8.97. The van der Waals surface area contributed by atoms with Crippen LogP contribution in [0.15, 0.2) is 16.8 Å². The van der Waals surface area contributed by atoms with Gasteiger partial charge in [0.1, 0.15) is 0 Å². The first kappa shape index (κ1) is 15.6. The van der Waals surface area contributed by atoms with Crippen molar-refractivity contribution in [1.29, 1.82) is 0 Å². The lowest BCUT2D eigenvalue weighted by Gasteiger charge is -2.38. The van der Waals surface area contributed by atoms with Crippen LogP contribution in [0.5, 0.6) is 0 Å². The predicted molar refractivity (Wildman–Crippen MR) is 92.8 cm³/mol. The molecule has 1 aromatic heterocycles. The summed E-state index contributed by atoms with van der Waals surface area (Å²) in [5.74, 6) is 3.71. The van der Waals surface area contributed by atoms with Crippen molar-refractivity contribution in [2.75, 3.05) is 6.54 Å². The number of nitrogens with one attached hydrogen (secondary N) is 1. The lowest BCUT2D eigenvalue weighted by Crippen LogP contribution is -2.35. The summed E-state index contributed by atoms with van der Waals surface area (Å²) in [5.41, 5.74) is 1.56. The fraction of sp³-hybridized carbons (Fsp3) is 0.789. The molecule has 0 bridgehead atoms. The third-order valence-corrected chi connectivity index (χ3v) is 6.49. The van der Waals surface area contributed by atoms with E-state index in [1.807, 2.05) is 11.3 Å². The molecule has 3 atom stereocenters.